The van der Waals surface area contributed by atoms with Gasteiger partial charge in [0.05, 0.1) is 19.9 Å². The van der Waals surface area contributed by atoms with Gasteiger partial charge in [0.15, 0.2) is 5.69 Å². The molecule has 1 heterocycles. The van der Waals surface area contributed by atoms with E-state index >= 15 is 0 Å². The van der Waals surface area contributed by atoms with Crippen LogP contribution < -0.4 is 14.8 Å². The number of carbonyl (C=O) groups excluding carboxylic acids is 1. The number of nitrogens with one attached hydrogen (secondary N) is 1. The summed E-state index contributed by atoms with van der Waals surface area (Å²) in [5, 5.41) is 7.17. The van der Waals surface area contributed by atoms with Crippen LogP contribution in [0, 0.1) is 0 Å². The summed E-state index contributed by atoms with van der Waals surface area (Å²) in [4.78, 5) is 12.3. The number of hydrogen-bond donors (Lipinski definition) is 1. The molecule has 0 aliphatic heterocycles. The zero-order chi connectivity index (χ0) is 17.6. The van der Waals surface area contributed by atoms with Crippen LogP contribution in [0.4, 0.5) is 0 Å². The Bertz CT molecular complexity index is 837. The average molecular weight is 337 g/mol. The Balaban J connectivity index is 1.68. The van der Waals surface area contributed by atoms with Crippen LogP contribution in [0.15, 0.2) is 60.8 Å². The van der Waals surface area contributed by atoms with E-state index in [2.05, 4.69) is 10.4 Å². The van der Waals surface area contributed by atoms with Gasteiger partial charge >= 0.3 is 0 Å². The largest absolute Gasteiger partial charge is 0.497 e. The second-order valence-corrected chi connectivity index (χ2v) is 5.38. The Morgan fingerprint density at radius 2 is 1.72 bits per heavy atom. The Morgan fingerprint density at radius 3 is 2.36 bits per heavy atom. The van der Waals surface area contributed by atoms with E-state index in [0.29, 0.717) is 23.7 Å². The lowest BCUT2D eigenvalue weighted by Gasteiger charge is -2.09. The second-order valence-electron chi connectivity index (χ2n) is 5.38. The average Bonchev–Trinajstić information content (AvgIpc) is 3.16. The highest BCUT2D eigenvalue weighted by atomic mass is 16.5. The molecule has 3 aromatic rings. The molecular formula is C19H19N3O3. The van der Waals surface area contributed by atoms with Crippen molar-refractivity contribution in [2.24, 2.45) is 0 Å². The van der Waals surface area contributed by atoms with Crippen LogP contribution in [0.2, 0.25) is 0 Å². The van der Waals surface area contributed by atoms with Crippen molar-refractivity contribution in [2.75, 3.05) is 14.2 Å². The highest BCUT2D eigenvalue weighted by Crippen LogP contribution is 2.22. The number of benzene rings is 2. The maximum atomic E-state index is 12.3. The standard InChI is InChI=1S/C19H19N3O3/c1-24-16-10-14(11-17(12-16)25-2)13-20-19(23)18-8-9-22(21-18)15-6-4-3-5-7-15/h3-12H,13H2,1-2H3,(H,20,23). The number of rotatable bonds is 6. The lowest BCUT2D eigenvalue weighted by atomic mass is 10.2. The smallest absolute Gasteiger partial charge is 0.272 e. The highest BCUT2D eigenvalue weighted by molar-refractivity contribution is 5.92. The Labute approximate surface area is 146 Å². The maximum Gasteiger partial charge on any atom is 0.272 e. The molecule has 25 heavy (non-hydrogen) atoms. The summed E-state index contributed by atoms with van der Waals surface area (Å²) in [6, 6.07) is 16.8. The molecule has 128 valence electrons. The van der Waals surface area contributed by atoms with Gasteiger partial charge in [-0.3, -0.25) is 4.79 Å². The van der Waals surface area contributed by atoms with E-state index in [1.54, 1.807) is 37.2 Å². The first-order valence-electron chi connectivity index (χ1n) is 7.81. The highest BCUT2D eigenvalue weighted by Gasteiger charge is 2.10. The molecule has 0 unspecified atom stereocenters. The molecule has 0 fully saturated rings. The monoisotopic (exact) mass is 337 g/mol. The molecule has 0 radical (unpaired) electrons. The lowest BCUT2D eigenvalue weighted by molar-refractivity contribution is 0.0945. The van der Waals surface area contributed by atoms with Gasteiger partial charge in [0.25, 0.3) is 5.91 Å². The summed E-state index contributed by atoms with van der Waals surface area (Å²) in [7, 11) is 3.18. The molecule has 2 aromatic carbocycles. The van der Waals surface area contributed by atoms with Crippen molar-refractivity contribution in [1.82, 2.24) is 15.1 Å². The SMILES string of the molecule is COc1cc(CNC(=O)c2ccn(-c3ccccc3)n2)cc(OC)c1. The molecule has 1 aromatic heterocycles. The van der Waals surface area contributed by atoms with Crippen LogP contribution in [0.1, 0.15) is 16.1 Å². The van der Waals surface area contributed by atoms with Gasteiger partial charge in [-0.1, -0.05) is 18.2 Å². The molecule has 0 saturated carbocycles. The molecule has 0 atom stereocenters. The third-order valence-corrected chi connectivity index (χ3v) is 3.71. The molecule has 6 nitrogen and oxygen atoms in total. The van der Waals surface area contributed by atoms with Crippen molar-refractivity contribution in [1.29, 1.82) is 0 Å². The second kappa shape index (κ2) is 7.53. The predicted molar refractivity (Wildman–Crippen MR) is 94.3 cm³/mol. The minimum Gasteiger partial charge on any atom is -0.497 e. The van der Waals surface area contributed by atoms with Crippen molar-refractivity contribution < 1.29 is 14.3 Å². The summed E-state index contributed by atoms with van der Waals surface area (Å²) >= 11 is 0. The third-order valence-electron chi connectivity index (χ3n) is 3.71. The summed E-state index contributed by atoms with van der Waals surface area (Å²) < 4.78 is 12.1. The fraction of sp³-hybridized carbons (Fsp3) is 0.158. The van der Waals surface area contributed by atoms with Crippen LogP contribution in [-0.4, -0.2) is 29.9 Å². The zero-order valence-corrected chi connectivity index (χ0v) is 14.1. The van der Waals surface area contributed by atoms with E-state index in [9.17, 15) is 4.79 Å². The van der Waals surface area contributed by atoms with Crippen LogP contribution >= 0.6 is 0 Å². The topological polar surface area (TPSA) is 65.4 Å². The first kappa shape index (κ1) is 16.6. The van der Waals surface area contributed by atoms with Gasteiger partial charge in [-0.2, -0.15) is 5.10 Å². The van der Waals surface area contributed by atoms with Gasteiger partial charge < -0.3 is 14.8 Å². The molecule has 3 rings (SSSR count). The number of carbonyl (C=O) groups is 1. The van der Waals surface area contributed by atoms with Crippen molar-refractivity contribution in [3.05, 3.63) is 72.1 Å². The Kier molecular flexibility index (Phi) is 4.99. The Morgan fingerprint density at radius 1 is 1.04 bits per heavy atom. The number of methoxy groups -OCH3 is 2. The van der Waals surface area contributed by atoms with Gasteiger partial charge in [-0.25, -0.2) is 4.68 Å². The summed E-state index contributed by atoms with van der Waals surface area (Å²) in [6.45, 7) is 0.352. The lowest BCUT2D eigenvalue weighted by Crippen LogP contribution is -2.23. The first-order valence-corrected chi connectivity index (χ1v) is 7.81. The predicted octanol–water partition coefficient (Wildman–Crippen LogP) is 2.82. The number of aromatic nitrogens is 2. The van der Waals surface area contributed by atoms with E-state index < -0.39 is 0 Å². The van der Waals surface area contributed by atoms with E-state index in [4.69, 9.17) is 9.47 Å². The number of amides is 1. The zero-order valence-electron chi connectivity index (χ0n) is 14.1. The Hall–Kier alpha value is -3.28. The fourth-order valence-corrected chi connectivity index (χ4v) is 2.41. The van der Waals surface area contributed by atoms with Crippen LogP contribution in [0.3, 0.4) is 0 Å². The summed E-state index contributed by atoms with van der Waals surface area (Å²) in [5.74, 6) is 1.12. The van der Waals surface area contributed by atoms with Gasteiger partial charge in [0.2, 0.25) is 0 Å². The quantitative estimate of drug-likeness (QED) is 0.751. The summed E-state index contributed by atoms with van der Waals surface area (Å²) in [5.41, 5.74) is 2.14. The molecule has 0 saturated heterocycles. The molecule has 0 spiro atoms. The van der Waals surface area contributed by atoms with Crippen molar-refractivity contribution in [3.63, 3.8) is 0 Å². The van der Waals surface area contributed by atoms with E-state index in [1.165, 1.54) is 0 Å². The van der Waals surface area contributed by atoms with Gasteiger partial charge in [-0.15, -0.1) is 0 Å². The number of nitrogens with zero attached hydrogens (tertiary/aromatic N) is 2. The summed E-state index contributed by atoms with van der Waals surface area (Å²) in [6.07, 6.45) is 1.76. The van der Waals surface area contributed by atoms with Crippen LogP contribution in [0.25, 0.3) is 5.69 Å². The van der Waals surface area contributed by atoms with E-state index in [0.717, 1.165) is 11.3 Å². The first-order chi connectivity index (χ1) is 12.2. The molecule has 0 aliphatic rings. The molecule has 0 bridgehead atoms. The minimum atomic E-state index is -0.239. The van der Waals surface area contributed by atoms with Crippen molar-refractivity contribution >= 4 is 5.91 Å². The molecule has 1 N–H and O–H groups in total. The van der Waals surface area contributed by atoms with E-state index in [-0.39, 0.29) is 5.91 Å². The number of ether oxygens (including phenoxy) is 2. The van der Waals surface area contributed by atoms with Gasteiger partial charge in [0.1, 0.15) is 11.5 Å². The fourth-order valence-electron chi connectivity index (χ4n) is 2.41. The molecular weight excluding hydrogens is 318 g/mol. The number of hydrogen-bond acceptors (Lipinski definition) is 4. The minimum absolute atomic E-state index is 0.239. The van der Waals surface area contributed by atoms with Gasteiger partial charge in [0, 0.05) is 18.8 Å². The van der Waals surface area contributed by atoms with Crippen LogP contribution in [0.5, 0.6) is 11.5 Å². The maximum absolute atomic E-state index is 12.3. The number of para-hydroxylation sites is 1. The van der Waals surface area contributed by atoms with Crippen molar-refractivity contribution in [2.45, 2.75) is 6.54 Å². The molecule has 6 heteroatoms. The molecule has 1 amide bonds. The van der Waals surface area contributed by atoms with Crippen LogP contribution in [-0.2, 0) is 6.54 Å². The normalized spacial score (nSPS) is 10.3. The van der Waals surface area contributed by atoms with E-state index in [1.807, 2.05) is 42.5 Å². The van der Waals surface area contributed by atoms with Gasteiger partial charge in [-0.05, 0) is 35.9 Å². The molecule has 0 aliphatic carbocycles. The third kappa shape index (κ3) is 3.98. The van der Waals surface area contributed by atoms with Crippen molar-refractivity contribution in [3.8, 4) is 17.2 Å².